The summed E-state index contributed by atoms with van der Waals surface area (Å²) in [5, 5.41) is 6.18. The highest BCUT2D eigenvalue weighted by atomic mass is 16.6. The van der Waals surface area contributed by atoms with Crippen molar-refractivity contribution < 1.29 is 14.3 Å². The lowest BCUT2D eigenvalue weighted by Crippen LogP contribution is -2.49. The summed E-state index contributed by atoms with van der Waals surface area (Å²) in [4.78, 5) is 12.0. The monoisotopic (exact) mass is 276 g/mol. The minimum Gasteiger partial charge on any atom is -0.486 e. The first-order valence-electron chi connectivity index (χ1n) is 7.22. The second-order valence-electron chi connectivity index (χ2n) is 5.25. The van der Waals surface area contributed by atoms with E-state index in [0.717, 1.165) is 37.3 Å². The molecule has 5 heteroatoms. The van der Waals surface area contributed by atoms with E-state index in [9.17, 15) is 4.79 Å². The first kappa shape index (κ1) is 13.2. The highest BCUT2D eigenvalue weighted by Crippen LogP contribution is 2.30. The normalized spacial score (nSPS) is 25.0. The van der Waals surface area contributed by atoms with Crippen molar-refractivity contribution in [1.82, 2.24) is 10.6 Å². The lowest BCUT2D eigenvalue weighted by molar-refractivity contribution is -0.124. The molecular formula is C15H20N2O3. The van der Waals surface area contributed by atoms with Gasteiger partial charge >= 0.3 is 0 Å². The molecule has 0 bridgehead atoms. The third-order valence-corrected chi connectivity index (χ3v) is 3.70. The Labute approximate surface area is 118 Å². The number of rotatable bonds is 3. The van der Waals surface area contributed by atoms with Crippen LogP contribution in [0.2, 0.25) is 0 Å². The number of fused-ring (bicyclic) bond motifs is 1. The molecule has 2 atom stereocenters. The van der Waals surface area contributed by atoms with Crippen LogP contribution >= 0.6 is 0 Å². The van der Waals surface area contributed by atoms with Gasteiger partial charge in [-0.25, -0.2) is 0 Å². The minimum atomic E-state index is -0.127. The summed E-state index contributed by atoms with van der Waals surface area (Å²) in [6.07, 6.45) is 3.05. The van der Waals surface area contributed by atoms with Gasteiger partial charge in [0.05, 0.1) is 12.6 Å². The Balaban J connectivity index is 1.49. The van der Waals surface area contributed by atoms with Crippen molar-refractivity contribution in [3.63, 3.8) is 0 Å². The molecule has 3 rings (SSSR count). The fourth-order valence-corrected chi connectivity index (χ4v) is 2.58. The second kappa shape index (κ2) is 6.13. The Morgan fingerprint density at radius 2 is 2.15 bits per heavy atom. The van der Waals surface area contributed by atoms with Crippen molar-refractivity contribution in [1.29, 1.82) is 0 Å². The van der Waals surface area contributed by atoms with Crippen LogP contribution in [0.25, 0.3) is 0 Å². The van der Waals surface area contributed by atoms with Gasteiger partial charge in [0.1, 0.15) is 12.7 Å². The molecule has 1 aromatic rings. The number of carbonyl (C=O) groups excluding carboxylic acids is 1. The summed E-state index contributed by atoms with van der Waals surface area (Å²) >= 11 is 0. The van der Waals surface area contributed by atoms with Crippen molar-refractivity contribution in [3.8, 4) is 11.5 Å². The second-order valence-corrected chi connectivity index (χ2v) is 5.25. The van der Waals surface area contributed by atoms with Gasteiger partial charge in [0, 0.05) is 0 Å². The number of hydrogen-bond acceptors (Lipinski definition) is 4. The molecular weight excluding hydrogens is 256 g/mol. The molecule has 1 fully saturated rings. The Kier molecular flexibility index (Phi) is 4.06. The number of benzene rings is 1. The molecule has 1 amide bonds. The van der Waals surface area contributed by atoms with Crippen LogP contribution in [0.15, 0.2) is 24.3 Å². The summed E-state index contributed by atoms with van der Waals surface area (Å²) in [6.45, 7) is 1.87. The largest absolute Gasteiger partial charge is 0.486 e. The van der Waals surface area contributed by atoms with E-state index in [1.165, 1.54) is 0 Å². The number of piperidine rings is 1. The van der Waals surface area contributed by atoms with Gasteiger partial charge in [-0.2, -0.15) is 0 Å². The molecule has 1 aromatic carbocycles. The number of ether oxygens (including phenoxy) is 2. The standard InChI is InChI=1S/C15H20N2O3/c18-15(12-5-3-4-8-16-12)17-9-11-10-19-13-6-1-2-7-14(13)20-11/h1-2,6-7,11-12,16H,3-5,8-10H2,(H,17,18)/t11?,12-/m1/s1. The fourth-order valence-electron chi connectivity index (χ4n) is 2.58. The zero-order chi connectivity index (χ0) is 13.8. The first-order valence-corrected chi connectivity index (χ1v) is 7.22. The molecule has 0 radical (unpaired) electrons. The molecule has 20 heavy (non-hydrogen) atoms. The maximum atomic E-state index is 12.0. The highest BCUT2D eigenvalue weighted by molar-refractivity contribution is 5.81. The lowest BCUT2D eigenvalue weighted by atomic mass is 10.0. The van der Waals surface area contributed by atoms with Gasteiger partial charge in [0.15, 0.2) is 11.5 Å². The third-order valence-electron chi connectivity index (χ3n) is 3.70. The van der Waals surface area contributed by atoms with Crippen molar-refractivity contribution in [2.75, 3.05) is 19.7 Å². The third kappa shape index (κ3) is 3.04. The Hall–Kier alpha value is -1.75. The minimum absolute atomic E-state index is 0.0551. The van der Waals surface area contributed by atoms with Crippen LogP contribution in [0.5, 0.6) is 11.5 Å². The summed E-state index contributed by atoms with van der Waals surface area (Å²) in [5.74, 6) is 1.57. The van der Waals surface area contributed by atoms with E-state index >= 15 is 0 Å². The van der Waals surface area contributed by atoms with Crippen LogP contribution in [0.1, 0.15) is 19.3 Å². The van der Waals surface area contributed by atoms with Gasteiger partial charge in [0.2, 0.25) is 5.91 Å². The van der Waals surface area contributed by atoms with Crippen molar-refractivity contribution in [2.45, 2.75) is 31.4 Å². The molecule has 2 heterocycles. The molecule has 108 valence electrons. The van der Waals surface area contributed by atoms with Crippen molar-refractivity contribution in [2.24, 2.45) is 0 Å². The van der Waals surface area contributed by atoms with Gasteiger partial charge in [-0.15, -0.1) is 0 Å². The predicted molar refractivity (Wildman–Crippen MR) is 75.0 cm³/mol. The average molecular weight is 276 g/mol. The highest BCUT2D eigenvalue weighted by Gasteiger charge is 2.24. The average Bonchev–Trinajstić information content (AvgIpc) is 2.53. The molecule has 2 aliphatic heterocycles. The maximum absolute atomic E-state index is 12.0. The molecule has 0 aromatic heterocycles. The molecule has 0 aliphatic carbocycles. The van der Waals surface area contributed by atoms with Crippen molar-refractivity contribution in [3.05, 3.63) is 24.3 Å². The quantitative estimate of drug-likeness (QED) is 0.867. The van der Waals surface area contributed by atoms with Crippen LogP contribution < -0.4 is 20.1 Å². The summed E-state index contributed by atoms with van der Waals surface area (Å²) < 4.78 is 11.4. The first-order chi connectivity index (χ1) is 9.83. The van der Waals surface area contributed by atoms with Crippen LogP contribution in [-0.2, 0) is 4.79 Å². The van der Waals surface area contributed by atoms with E-state index in [0.29, 0.717) is 13.2 Å². The van der Waals surface area contributed by atoms with Crippen LogP contribution in [0.3, 0.4) is 0 Å². The molecule has 5 nitrogen and oxygen atoms in total. The molecule has 0 spiro atoms. The molecule has 1 saturated heterocycles. The summed E-state index contributed by atoms with van der Waals surface area (Å²) in [6, 6.07) is 7.54. The van der Waals surface area contributed by atoms with E-state index in [4.69, 9.17) is 9.47 Å². The van der Waals surface area contributed by atoms with Crippen LogP contribution in [0.4, 0.5) is 0 Å². The Morgan fingerprint density at radius 3 is 2.95 bits per heavy atom. The van der Waals surface area contributed by atoms with Crippen LogP contribution in [0, 0.1) is 0 Å². The summed E-state index contributed by atoms with van der Waals surface area (Å²) in [7, 11) is 0. The Bertz CT molecular complexity index is 472. The zero-order valence-electron chi connectivity index (χ0n) is 11.4. The lowest BCUT2D eigenvalue weighted by Gasteiger charge is -2.28. The van der Waals surface area contributed by atoms with Gasteiger partial charge in [-0.3, -0.25) is 4.79 Å². The predicted octanol–water partition coefficient (Wildman–Crippen LogP) is 1.08. The van der Waals surface area contributed by atoms with Crippen LogP contribution in [-0.4, -0.2) is 37.7 Å². The van der Waals surface area contributed by atoms with E-state index in [1.807, 2.05) is 24.3 Å². The smallest absolute Gasteiger partial charge is 0.237 e. The number of para-hydroxylation sites is 2. The molecule has 0 saturated carbocycles. The van der Waals surface area contributed by atoms with Gasteiger partial charge in [-0.1, -0.05) is 18.6 Å². The number of hydrogen-bond donors (Lipinski definition) is 2. The van der Waals surface area contributed by atoms with Gasteiger partial charge < -0.3 is 20.1 Å². The number of amides is 1. The van der Waals surface area contributed by atoms with E-state index in [1.54, 1.807) is 0 Å². The maximum Gasteiger partial charge on any atom is 0.237 e. The number of carbonyl (C=O) groups is 1. The van der Waals surface area contributed by atoms with Crippen molar-refractivity contribution >= 4 is 5.91 Å². The van der Waals surface area contributed by atoms with Gasteiger partial charge in [0.25, 0.3) is 0 Å². The summed E-state index contributed by atoms with van der Waals surface area (Å²) in [5.41, 5.74) is 0. The van der Waals surface area contributed by atoms with E-state index in [-0.39, 0.29) is 18.1 Å². The topological polar surface area (TPSA) is 59.6 Å². The fraction of sp³-hybridized carbons (Fsp3) is 0.533. The molecule has 1 unspecified atom stereocenters. The Morgan fingerprint density at radius 1 is 1.30 bits per heavy atom. The SMILES string of the molecule is O=C(NCC1COc2ccccc2O1)[C@H]1CCCCN1. The van der Waals surface area contributed by atoms with Gasteiger partial charge in [-0.05, 0) is 31.5 Å². The van der Waals surface area contributed by atoms with E-state index in [2.05, 4.69) is 10.6 Å². The molecule has 2 N–H and O–H groups in total. The molecule has 2 aliphatic rings. The number of nitrogens with one attached hydrogen (secondary N) is 2. The van der Waals surface area contributed by atoms with E-state index < -0.39 is 0 Å². The zero-order valence-corrected chi connectivity index (χ0v) is 11.4.